The Labute approximate surface area is 144 Å². The van der Waals surface area contributed by atoms with E-state index in [1.807, 2.05) is 32.9 Å². The molecule has 0 radical (unpaired) electrons. The van der Waals surface area contributed by atoms with Crippen LogP contribution in [-0.4, -0.2) is 23.1 Å². The average Bonchev–Trinajstić information content (AvgIpc) is 2.36. The molecule has 3 N–H and O–H groups in total. The predicted octanol–water partition coefficient (Wildman–Crippen LogP) is 3.08. The van der Waals surface area contributed by atoms with Gasteiger partial charge in [-0.2, -0.15) is 0 Å². The van der Waals surface area contributed by atoms with Crippen molar-refractivity contribution in [3.8, 4) is 5.88 Å². The fraction of sp³-hybridized carbons (Fsp3) is 0.600. The van der Waals surface area contributed by atoms with Crippen molar-refractivity contribution < 1.29 is 4.74 Å². The molecule has 0 spiro atoms. The lowest BCUT2D eigenvalue weighted by Gasteiger charge is -2.20. The Morgan fingerprint density at radius 1 is 1.38 bits per heavy atom. The van der Waals surface area contributed by atoms with Crippen molar-refractivity contribution >= 4 is 29.9 Å². The van der Waals surface area contributed by atoms with Crippen molar-refractivity contribution in [1.29, 1.82) is 0 Å². The maximum Gasteiger partial charge on any atom is 0.213 e. The number of halogens is 1. The van der Waals surface area contributed by atoms with E-state index in [4.69, 9.17) is 10.5 Å². The Morgan fingerprint density at radius 2 is 2.10 bits per heavy atom. The number of unbranched alkanes of at least 4 members (excludes halogenated alkanes) is 1. The Hall–Kier alpha value is -1.05. The lowest BCUT2D eigenvalue weighted by molar-refractivity contribution is 0.124. The summed E-state index contributed by atoms with van der Waals surface area (Å²) in [5.41, 5.74) is 6.54. The molecule has 0 fully saturated rings. The molecule has 0 aliphatic heterocycles. The summed E-state index contributed by atoms with van der Waals surface area (Å²) in [6.07, 6.45) is 4.00. The number of pyridine rings is 1. The molecule has 1 heterocycles. The number of nitrogens with two attached hydrogens (primary N) is 1. The van der Waals surface area contributed by atoms with Gasteiger partial charge in [0.25, 0.3) is 0 Å². The molecule has 0 aromatic carbocycles. The molecule has 5 nitrogen and oxygen atoms in total. The predicted molar refractivity (Wildman–Crippen MR) is 98.3 cm³/mol. The van der Waals surface area contributed by atoms with Crippen molar-refractivity contribution in [2.45, 2.75) is 52.7 Å². The standard InChI is InChI=1S/C15H26N4O.HI/c1-5-6-9-17-14(16)19-11-12-7-8-13(18-10-12)20-15(2,3)4;/h7-8,10H,5-6,9,11H2,1-4H3,(H3,16,17,19);1H. The molecule has 0 amide bonds. The first-order chi connectivity index (χ1) is 9.40. The number of ether oxygens (including phenoxy) is 1. The Kier molecular flexibility index (Phi) is 9.32. The average molecular weight is 406 g/mol. The van der Waals surface area contributed by atoms with Crippen molar-refractivity contribution in [2.24, 2.45) is 10.7 Å². The summed E-state index contributed by atoms with van der Waals surface area (Å²) in [6, 6.07) is 3.81. The molecule has 1 aromatic rings. The second-order valence-electron chi connectivity index (χ2n) is 5.70. The minimum Gasteiger partial charge on any atom is -0.472 e. The van der Waals surface area contributed by atoms with E-state index in [2.05, 4.69) is 22.2 Å². The third kappa shape index (κ3) is 9.49. The van der Waals surface area contributed by atoms with Gasteiger partial charge in [-0.25, -0.2) is 9.98 Å². The molecule has 6 heteroatoms. The summed E-state index contributed by atoms with van der Waals surface area (Å²) < 4.78 is 5.66. The summed E-state index contributed by atoms with van der Waals surface area (Å²) >= 11 is 0. The van der Waals surface area contributed by atoms with Gasteiger partial charge in [0.15, 0.2) is 5.96 Å². The number of hydrogen-bond acceptors (Lipinski definition) is 3. The molecule has 1 aromatic heterocycles. The highest BCUT2D eigenvalue weighted by atomic mass is 127. The largest absolute Gasteiger partial charge is 0.472 e. The van der Waals surface area contributed by atoms with Crippen LogP contribution in [0.5, 0.6) is 5.88 Å². The minimum atomic E-state index is -0.236. The number of aliphatic imine (C=N–C) groups is 1. The van der Waals surface area contributed by atoms with E-state index < -0.39 is 0 Å². The van der Waals surface area contributed by atoms with E-state index >= 15 is 0 Å². The van der Waals surface area contributed by atoms with Gasteiger partial charge in [0, 0.05) is 18.8 Å². The van der Waals surface area contributed by atoms with Gasteiger partial charge >= 0.3 is 0 Å². The van der Waals surface area contributed by atoms with E-state index in [9.17, 15) is 0 Å². The normalized spacial score (nSPS) is 11.7. The molecule has 0 bridgehead atoms. The maximum absolute atomic E-state index is 5.77. The summed E-state index contributed by atoms with van der Waals surface area (Å²) in [5.74, 6) is 1.10. The summed E-state index contributed by atoms with van der Waals surface area (Å²) in [7, 11) is 0. The summed E-state index contributed by atoms with van der Waals surface area (Å²) in [5, 5.41) is 3.08. The fourth-order valence-electron chi connectivity index (χ4n) is 1.50. The van der Waals surface area contributed by atoms with Gasteiger partial charge < -0.3 is 15.8 Å². The third-order valence-corrected chi connectivity index (χ3v) is 2.48. The molecular weight excluding hydrogens is 379 g/mol. The zero-order chi connectivity index (χ0) is 15.0. The van der Waals surface area contributed by atoms with Gasteiger partial charge in [0.2, 0.25) is 5.88 Å². The van der Waals surface area contributed by atoms with Crippen LogP contribution < -0.4 is 15.8 Å². The van der Waals surface area contributed by atoms with Crippen molar-refractivity contribution in [3.05, 3.63) is 23.9 Å². The highest BCUT2D eigenvalue weighted by molar-refractivity contribution is 14.0. The Bertz CT molecular complexity index is 426. The molecule has 0 unspecified atom stereocenters. The first-order valence-electron chi connectivity index (χ1n) is 7.08. The molecular formula is C15H27IN4O. The van der Waals surface area contributed by atoms with Gasteiger partial charge in [0.1, 0.15) is 5.60 Å². The number of hydrogen-bond donors (Lipinski definition) is 2. The highest BCUT2D eigenvalue weighted by Gasteiger charge is 2.12. The van der Waals surface area contributed by atoms with Gasteiger partial charge in [0.05, 0.1) is 6.54 Å². The van der Waals surface area contributed by atoms with Crippen LogP contribution in [-0.2, 0) is 6.54 Å². The molecule has 21 heavy (non-hydrogen) atoms. The maximum atomic E-state index is 5.77. The lowest BCUT2D eigenvalue weighted by atomic mass is 10.2. The topological polar surface area (TPSA) is 72.5 Å². The Morgan fingerprint density at radius 3 is 2.62 bits per heavy atom. The van der Waals surface area contributed by atoms with Crippen LogP contribution in [0.2, 0.25) is 0 Å². The minimum absolute atomic E-state index is 0. The van der Waals surface area contributed by atoms with Crippen LogP contribution >= 0.6 is 24.0 Å². The van der Waals surface area contributed by atoms with E-state index in [-0.39, 0.29) is 29.6 Å². The first-order valence-corrected chi connectivity index (χ1v) is 7.08. The summed E-state index contributed by atoms with van der Waals surface area (Å²) in [6.45, 7) is 9.51. The zero-order valence-electron chi connectivity index (χ0n) is 13.3. The number of nitrogens with one attached hydrogen (secondary N) is 1. The first kappa shape index (κ1) is 19.9. The van der Waals surface area contributed by atoms with Crippen molar-refractivity contribution in [3.63, 3.8) is 0 Å². The van der Waals surface area contributed by atoms with Gasteiger partial charge in [-0.3, -0.25) is 0 Å². The molecule has 0 aliphatic carbocycles. The lowest BCUT2D eigenvalue weighted by Crippen LogP contribution is -2.32. The molecule has 1 rings (SSSR count). The van der Waals surface area contributed by atoms with Crippen molar-refractivity contribution in [2.75, 3.05) is 6.54 Å². The van der Waals surface area contributed by atoms with Gasteiger partial charge in [-0.1, -0.05) is 19.4 Å². The monoisotopic (exact) mass is 406 g/mol. The van der Waals surface area contributed by atoms with Crippen LogP contribution in [0, 0.1) is 0 Å². The van der Waals surface area contributed by atoms with Gasteiger partial charge in [-0.05, 0) is 32.8 Å². The van der Waals surface area contributed by atoms with Crippen LogP contribution in [0.3, 0.4) is 0 Å². The number of nitrogens with zero attached hydrogens (tertiary/aromatic N) is 2. The fourth-order valence-corrected chi connectivity index (χ4v) is 1.50. The molecule has 120 valence electrons. The van der Waals surface area contributed by atoms with Gasteiger partial charge in [-0.15, -0.1) is 24.0 Å². The molecule has 0 aliphatic rings. The van der Waals surface area contributed by atoms with E-state index in [0.29, 0.717) is 18.4 Å². The number of aromatic nitrogens is 1. The van der Waals surface area contributed by atoms with Crippen LogP contribution in [0.4, 0.5) is 0 Å². The van der Waals surface area contributed by atoms with Crippen LogP contribution in [0.15, 0.2) is 23.3 Å². The number of guanidine groups is 1. The van der Waals surface area contributed by atoms with Crippen LogP contribution in [0.25, 0.3) is 0 Å². The second-order valence-corrected chi connectivity index (χ2v) is 5.70. The quantitative estimate of drug-likeness (QED) is 0.330. The Balaban J connectivity index is 0.00000400. The smallest absolute Gasteiger partial charge is 0.213 e. The highest BCUT2D eigenvalue weighted by Crippen LogP contribution is 2.15. The number of rotatable bonds is 6. The SMILES string of the molecule is CCCCNC(N)=NCc1ccc(OC(C)(C)C)nc1.I. The molecule has 0 saturated heterocycles. The summed E-state index contributed by atoms with van der Waals surface area (Å²) in [4.78, 5) is 8.54. The molecule has 0 atom stereocenters. The zero-order valence-corrected chi connectivity index (χ0v) is 15.7. The van der Waals surface area contributed by atoms with Crippen LogP contribution in [0.1, 0.15) is 46.1 Å². The van der Waals surface area contributed by atoms with E-state index in [1.165, 1.54) is 0 Å². The van der Waals surface area contributed by atoms with Crippen molar-refractivity contribution in [1.82, 2.24) is 10.3 Å². The van der Waals surface area contributed by atoms with E-state index in [0.717, 1.165) is 24.9 Å². The van der Waals surface area contributed by atoms with E-state index in [1.54, 1.807) is 6.20 Å². The third-order valence-electron chi connectivity index (χ3n) is 2.48. The molecule has 0 saturated carbocycles. The second kappa shape index (κ2) is 9.81.